The molecule has 0 aliphatic carbocycles. The van der Waals surface area contributed by atoms with Gasteiger partial charge < -0.3 is 4.74 Å². The van der Waals surface area contributed by atoms with Gasteiger partial charge >= 0.3 is 0 Å². The largest absolute Gasteiger partial charge is 0.483 e. The normalized spacial score (nSPS) is 11.4. The Bertz CT molecular complexity index is 858. The summed E-state index contributed by atoms with van der Waals surface area (Å²) in [4.78, 5) is 22.2. The van der Waals surface area contributed by atoms with Crippen LogP contribution in [0.3, 0.4) is 0 Å². The van der Waals surface area contributed by atoms with Gasteiger partial charge in [-0.1, -0.05) is 31.5 Å². The Morgan fingerprint density at radius 3 is 2.48 bits per heavy atom. The van der Waals surface area contributed by atoms with Crippen molar-refractivity contribution in [2.24, 2.45) is 5.10 Å². The molecule has 0 aromatic heterocycles. The van der Waals surface area contributed by atoms with Crippen LogP contribution in [-0.2, 0) is 4.79 Å². The first-order valence-electron chi connectivity index (χ1n) is 8.59. The molecular weight excluding hydrogens is 346 g/mol. The monoisotopic (exact) mass is 369 g/mol. The number of hydrazone groups is 1. The second-order valence-corrected chi connectivity index (χ2v) is 6.52. The van der Waals surface area contributed by atoms with Crippen LogP contribution in [0.1, 0.15) is 43.4 Å². The second kappa shape index (κ2) is 8.93. The highest BCUT2D eigenvalue weighted by Crippen LogP contribution is 2.27. The topological polar surface area (TPSA) is 93.8 Å². The van der Waals surface area contributed by atoms with Crippen molar-refractivity contribution < 1.29 is 14.5 Å². The number of benzene rings is 2. The minimum absolute atomic E-state index is 0.00281. The Hall–Kier alpha value is -3.22. The molecule has 142 valence electrons. The fraction of sp³-hybridized carbons (Fsp3) is 0.300. The SMILES string of the molecule is C/C(=N\NC(=O)COc1ccc(C)cc1C(C)C)c1ccc([N+](=O)[O-])cc1. The quantitative estimate of drug-likeness (QED) is 0.454. The minimum atomic E-state index is -0.466. The van der Waals surface area contributed by atoms with E-state index in [1.807, 2.05) is 19.1 Å². The van der Waals surface area contributed by atoms with Gasteiger partial charge in [0.05, 0.1) is 10.6 Å². The molecule has 7 heteroatoms. The molecule has 0 heterocycles. The van der Waals surface area contributed by atoms with E-state index < -0.39 is 4.92 Å². The van der Waals surface area contributed by atoms with Crippen molar-refractivity contribution in [3.63, 3.8) is 0 Å². The highest BCUT2D eigenvalue weighted by atomic mass is 16.6. The summed E-state index contributed by atoms with van der Waals surface area (Å²) in [5, 5.41) is 14.7. The zero-order valence-electron chi connectivity index (χ0n) is 15.9. The average Bonchev–Trinajstić information content (AvgIpc) is 2.64. The first kappa shape index (κ1) is 20.1. The van der Waals surface area contributed by atoms with Gasteiger partial charge in [-0.25, -0.2) is 5.43 Å². The number of ether oxygens (including phenoxy) is 1. The predicted octanol–water partition coefficient (Wildman–Crippen LogP) is 3.95. The summed E-state index contributed by atoms with van der Waals surface area (Å²) in [6.07, 6.45) is 0. The molecule has 2 aromatic rings. The maximum atomic E-state index is 12.0. The summed E-state index contributed by atoms with van der Waals surface area (Å²) in [7, 11) is 0. The molecule has 1 N–H and O–H groups in total. The molecule has 2 aromatic carbocycles. The maximum Gasteiger partial charge on any atom is 0.277 e. The molecule has 0 saturated heterocycles. The number of rotatable bonds is 7. The van der Waals surface area contributed by atoms with Crippen molar-refractivity contribution in [3.05, 3.63) is 69.3 Å². The van der Waals surface area contributed by atoms with E-state index in [2.05, 4.69) is 30.4 Å². The second-order valence-electron chi connectivity index (χ2n) is 6.52. The van der Waals surface area contributed by atoms with E-state index in [1.165, 1.54) is 12.1 Å². The molecule has 0 spiro atoms. The van der Waals surface area contributed by atoms with E-state index in [4.69, 9.17) is 4.74 Å². The number of nitrogens with zero attached hydrogens (tertiary/aromatic N) is 2. The summed E-state index contributed by atoms with van der Waals surface area (Å²) in [6.45, 7) is 7.70. The summed E-state index contributed by atoms with van der Waals surface area (Å²) in [5.41, 5.74) is 5.85. The number of amides is 1. The molecule has 0 bridgehead atoms. The molecule has 27 heavy (non-hydrogen) atoms. The van der Waals surface area contributed by atoms with Crippen molar-refractivity contribution in [2.75, 3.05) is 6.61 Å². The van der Waals surface area contributed by atoms with Crippen LogP contribution in [0.15, 0.2) is 47.6 Å². The maximum absolute atomic E-state index is 12.0. The van der Waals surface area contributed by atoms with E-state index in [0.717, 1.165) is 11.1 Å². The lowest BCUT2D eigenvalue weighted by Crippen LogP contribution is -2.26. The number of hydrogen-bond acceptors (Lipinski definition) is 5. The highest BCUT2D eigenvalue weighted by molar-refractivity contribution is 5.99. The molecule has 0 aliphatic heterocycles. The fourth-order valence-electron chi connectivity index (χ4n) is 2.46. The number of nitro groups is 1. The molecule has 0 unspecified atom stereocenters. The van der Waals surface area contributed by atoms with E-state index in [1.54, 1.807) is 19.1 Å². The molecule has 0 atom stereocenters. The Labute approximate surface area is 158 Å². The van der Waals surface area contributed by atoms with E-state index in [0.29, 0.717) is 17.0 Å². The Kier molecular flexibility index (Phi) is 6.65. The first-order chi connectivity index (χ1) is 12.8. The van der Waals surface area contributed by atoms with E-state index >= 15 is 0 Å². The molecule has 1 amide bonds. The van der Waals surface area contributed by atoms with Crippen LogP contribution in [0.2, 0.25) is 0 Å². The van der Waals surface area contributed by atoms with Crippen molar-refractivity contribution in [3.8, 4) is 5.75 Å². The smallest absolute Gasteiger partial charge is 0.277 e. The van der Waals surface area contributed by atoms with Crippen LogP contribution in [0, 0.1) is 17.0 Å². The van der Waals surface area contributed by atoms with Gasteiger partial charge in [-0.2, -0.15) is 5.10 Å². The van der Waals surface area contributed by atoms with Crippen molar-refractivity contribution >= 4 is 17.3 Å². The van der Waals surface area contributed by atoms with E-state index in [-0.39, 0.29) is 24.1 Å². The van der Waals surface area contributed by atoms with Gasteiger partial charge in [-0.3, -0.25) is 14.9 Å². The molecule has 0 aliphatic rings. The van der Waals surface area contributed by atoms with Crippen LogP contribution >= 0.6 is 0 Å². The van der Waals surface area contributed by atoms with Gasteiger partial charge in [0.25, 0.3) is 11.6 Å². The Morgan fingerprint density at radius 1 is 1.22 bits per heavy atom. The van der Waals surface area contributed by atoms with Crippen LogP contribution in [-0.4, -0.2) is 23.1 Å². The van der Waals surface area contributed by atoms with Gasteiger partial charge in [0.15, 0.2) is 6.61 Å². The summed E-state index contributed by atoms with van der Waals surface area (Å²) in [6, 6.07) is 11.8. The third-order valence-corrected chi connectivity index (χ3v) is 3.99. The van der Waals surface area contributed by atoms with Crippen LogP contribution < -0.4 is 10.2 Å². The molecule has 0 fully saturated rings. The summed E-state index contributed by atoms with van der Waals surface area (Å²) >= 11 is 0. The van der Waals surface area contributed by atoms with Gasteiger partial charge in [-0.15, -0.1) is 0 Å². The fourth-order valence-corrected chi connectivity index (χ4v) is 2.46. The lowest BCUT2D eigenvalue weighted by atomic mass is 10.00. The third kappa shape index (κ3) is 5.64. The average molecular weight is 369 g/mol. The number of carbonyl (C=O) groups is 1. The molecule has 2 rings (SSSR count). The molecular formula is C20H23N3O4. The summed E-state index contributed by atoms with van der Waals surface area (Å²) < 4.78 is 5.64. The Morgan fingerprint density at radius 2 is 1.89 bits per heavy atom. The number of aryl methyl sites for hydroxylation is 1. The number of nitro benzene ring substituents is 1. The Balaban J connectivity index is 1.96. The van der Waals surface area contributed by atoms with Crippen LogP contribution in [0.25, 0.3) is 0 Å². The lowest BCUT2D eigenvalue weighted by Gasteiger charge is -2.14. The van der Waals surface area contributed by atoms with Gasteiger partial charge in [0.1, 0.15) is 5.75 Å². The molecule has 0 radical (unpaired) electrons. The lowest BCUT2D eigenvalue weighted by molar-refractivity contribution is -0.384. The zero-order valence-corrected chi connectivity index (χ0v) is 15.9. The molecule has 7 nitrogen and oxygen atoms in total. The van der Waals surface area contributed by atoms with Crippen molar-refractivity contribution in [1.29, 1.82) is 0 Å². The number of hydrogen-bond donors (Lipinski definition) is 1. The van der Waals surface area contributed by atoms with Gasteiger partial charge in [0.2, 0.25) is 0 Å². The zero-order chi connectivity index (χ0) is 20.0. The standard InChI is InChI=1S/C20H23N3O4/c1-13(2)18-11-14(3)5-10-19(18)27-12-20(24)22-21-15(4)16-6-8-17(9-7-16)23(25)26/h5-11,13H,12H2,1-4H3,(H,22,24)/b21-15+. The van der Waals surface area contributed by atoms with Crippen molar-refractivity contribution in [1.82, 2.24) is 5.43 Å². The number of carbonyl (C=O) groups excluding carboxylic acids is 1. The van der Waals surface area contributed by atoms with Gasteiger partial charge in [0, 0.05) is 12.1 Å². The summed E-state index contributed by atoms with van der Waals surface area (Å²) in [5.74, 6) is 0.582. The van der Waals surface area contributed by atoms with Gasteiger partial charge in [-0.05, 0) is 49.1 Å². The van der Waals surface area contributed by atoms with Crippen LogP contribution in [0.4, 0.5) is 5.69 Å². The number of non-ortho nitro benzene ring substituents is 1. The predicted molar refractivity (Wildman–Crippen MR) is 104 cm³/mol. The number of nitrogens with one attached hydrogen (secondary N) is 1. The van der Waals surface area contributed by atoms with Crippen molar-refractivity contribution in [2.45, 2.75) is 33.6 Å². The van der Waals surface area contributed by atoms with Crippen LogP contribution in [0.5, 0.6) is 5.75 Å². The third-order valence-electron chi connectivity index (χ3n) is 3.99. The van der Waals surface area contributed by atoms with E-state index in [9.17, 15) is 14.9 Å². The minimum Gasteiger partial charge on any atom is -0.483 e. The first-order valence-corrected chi connectivity index (χ1v) is 8.59. The highest BCUT2D eigenvalue weighted by Gasteiger charge is 2.10. The molecule has 0 saturated carbocycles.